The van der Waals surface area contributed by atoms with E-state index in [0.29, 0.717) is 23.8 Å². The van der Waals surface area contributed by atoms with Crippen LogP contribution in [0.3, 0.4) is 0 Å². The Bertz CT molecular complexity index is 1230. The number of methoxy groups -OCH3 is 1. The van der Waals surface area contributed by atoms with Gasteiger partial charge in [0.05, 0.1) is 35.6 Å². The Morgan fingerprint density at radius 3 is 2.45 bits per heavy atom. The number of ketones is 1. The zero-order chi connectivity index (χ0) is 23.7. The van der Waals surface area contributed by atoms with E-state index < -0.39 is 23.5 Å². The molecule has 1 aliphatic rings. The molecule has 3 aromatic rings. The summed E-state index contributed by atoms with van der Waals surface area (Å²) in [5.74, 6) is -1.08. The van der Waals surface area contributed by atoms with Crippen molar-refractivity contribution in [3.05, 3.63) is 81.7 Å². The number of halogens is 2. The summed E-state index contributed by atoms with van der Waals surface area (Å²) < 4.78 is 16.2. The highest BCUT2D eigenvalue weighted by atomic mass is 35.5. The van der Waals surface area contributed by atoms with E-state index in [4.69, 9.17) is 37.1 Å². The topological polar surface area (TPSA) is 89.2 Å². The van der Waals surface area contributed by atoms with Crippen molar-refractivity contribution in [3.8, 4) is 11.5 Å². The smallest absolute Gasteiger partial charge is 0.300 e. The lowest BCUT2D eigenvalue weighted by atomic mass is 9.99. The number of carbonyl (C=O) groups is 2. The monoisotopic (exact) mass is 487 g/mol. The molecule has 1 fully saturated rings. The SMILES string of the molecule is CCOc1cccc(N2C(=O)C(=O)/C(=C(\O)c3cc(Cl)c(OC)c(Cl)c3)C2c2ccco2)c1. The minimum absolute atomic E-state index is 0.139. The number of carbonyl (C=O) groups excluding carboxylic acids is 2. The van der Waals surface area contributed by atoms with Gasteiger partial charge < -0.3 is 19.0 Å². The van der Waals surface area contributed by atoms with Crippen molar-refractivity contribution < 1.29 is 28.6 Å². The molecule has 33 heavy (non-hydrogen) atoms. The van der Waals surface area contributed by atoms with Gasteiger partial charge in [-0.2, -0.15) is 0 Å². The second-order valence-electron chi connectivity index (χ2n) is 7.09. The molecule has 1 unspecified atom stereocenters. The fourth-order valence-corrected chi connectivity index (χ4v) is 4.39. The molecule has 1 N–H and O–H groups in total. The number of nitrogens with zero attached hydrogens (tertiary/aromatic N) is 1. The molecule has 0 radical (unpaired) electrons. The number of anilines is 1. The van der Waals surface area contributed by atoms with Crippen LogP contribution in [0.25, 0.3) is 5.76 Å². The first-order chi connectivity index (χ1) is 15.9. The average Bonchev–Trinajstić information content (AvgIpc) is 3.40. The van der Waals surface area contributed by atoms with Crippen LogP contribution in [0, 0.1) is 0 Å². The first-order valence-corrected chi connectivity index (χ1v) is 10.7. The van der Waals surface area contributed by atoms with Crippen LogP contribution in [-0.4, -0.2) is 30.5 Å². The zero-order valence-electron chi connectivity index (χ0n) is 17.7. The van der Waals surface area contributed by atoms with Gasteiger partial charge in [-0.05, 0) is 43.3 Å². The number of benzene rings is 2. The van der Waals surface area contributed by atoms with Crippen LogP contribution in [0.2, 0.25) is 10.0 Å². The lowest BCUT2D eigenvalue weighted by molar-refractivity contribution is -0.132. The van der Waals surface area contributed by atoms with Crippen LogP contribution in [0.5, 0.6) is 11.5 Å². The maximum atomic E-state index is 13.1. The highest BCUT2D eigenvalue weighted by Gasteiger charge is 2.48. The predicted molar refractivity (Wildman–Crippen MR) is 124 cm³/mol. The summed E-state index contributed by atoms with van der Waals surface area (Å²) in [5.41, 5.74) is 0.409. The molecule has 0 spiro atoms. The number of ether oxygens (including phenoxy) is 2. The van der Waals surface area contributed by atoms with Crippen molar-refractivity contribution >= 4 is 46.3 Å². The molecule has 1 amide bonds. The van der Waals surface area contributed by atoms with E-state index in [-0.39, 0.29) is 26.9 Å². The van der Waals surface area contributed by atoms with Crippen LogP contribution in [0.15, 0.2) is 64.8 Å². The van der Waals surface area contributed by atoms with E-state index in [1.165, 1.54) is 30.4 Å². The maximum Gasteiger partial charge on any atom is 0.300 e. The molecular formula is C24H19Cl2NO6. The molecule has 2 aromatic carbocycles. The summed E-state index contributed by atoms with van der Waals surface area (Å²) >= 11 is 12.4. The van der Waals surface area contributed by atoms with Crippen molar-refractivity contribution in [3.63, 3.8) is 0 Å². The van der Waals surface area contributed by atoms with Crippen molar-refractivity contribution in [2.24, 2.45) is 0 Å². The molecular weight excluding hydrogens is 469 g/mol. The Morgan fingerprint density at radius 1 is 1.12 bits per heavy atom. The summed E-state index contributed by atoms with van der Waals surface area (Å²) in [5, 5.41) is 11.4. The second-order valence-corrected chi connectivity index (χ2v) is 7.90. The summed E-state index contributed by atoms with van der Waals surface area (Å²) in [7, 11) is 1.41. The van der Waals surface area contributed by atoms with Gasteiger partial charge >= 0.3 is 0 Å². The van der Waals surface area contributed by atoms with E-state index in [1.807, 2.05) is 6.92 Å². The van der Waals surface area contributed by atoms with Gasteiger partial charge in [-0.25, -0.2) is 0 Å². The second kappa shape index (κ2) is 9.21. The number of furan rings is 1. The number of rotatable bonds is 6. The quantitative estimate of drug-likeness (QED) is 0.275. The normalized spacial score (nSPS) is 17.5. The van der Waals surface area contributed by atoms with Crippen molar-refractivity contribution in [2.75, 3.05) is 18.6 Å². The fraction of sp³-hybridized carbons (Fsp3) is 0.167. The van der Waals surface area contributed by atoms with Gasteiger partial charge in [-0.15, -0.1) is 0 Å². The van der Waals surface area contributed by atoms with Crippen LogP contribution < -0.4 is 14.4 Å². The lowest BCUT2D eigenvalue weighted by Gasteiger charge is -2.23. The summed E-state index contributed by atoms with van der Waals surface area (Å²) in [4.78, 5) is 27.5. The van der Waals surface area contributed by atoms with Crippen LogP contribution >= 0.6 is 23.2 Å². The van der Waals surface area contributed by atoms with Gasteiger partial charge in [0.1, 0.15) is 23.3 Å². The number of hydrogen-bond donors (Lipinski definition) is 1. The summed E-state index contributed by atoms with van der Waals surface area (Å²) in [6.45, 7) is 2.27. The van der Waals surface area contributed by atoms with Gasteiger partial charge in [0.2, 0.25) is 0 Å². The third kappa shape index (κ3) is 4.05. The molecule has 9 heteroatoms. The van der Waals surface area contributed by atoms with Gasteiger partial charge in [0.25, 0.3) is 11.7 Å². The van der Waals surface area contributed by atoms with Crippen LogP contribution in [0.1, 0.15) is 24.3 Å². The van der Waals surface area contributed by atoms with Gasteiger partial charge in [0.15, 0.2) is 5.75 Å². The molecule has 2 heterocycles. The Kier molecular flexibility index (Phi) is 6.35. The summed E-state index contributed by atoms with van der Waals surface area (Å²) in [6, 6.07) is 11.8. The Labute approximate surface area is 199 Å². The maximum absolute atomic E-state index is 13.1. The van der Waals surface area contributed by atoms with Gasteiger partial charge in [-0.1, -0.05) is 29.3 Å². The van der Waals surface area contributed by atoms with Crippen molar-refractivity contribution in [1.82, 2.24) is 0 Å². The number of aliphatic hydroxyl groups is 1. The molecule has 1 atom stereocenters. The minimum atomic E-state index is -1.02. The average molecular weight is 488 g/mol. The number of hydrogen-bond acceptors (Lipinski definition) is 6. The van der Waals surface area contributed by atoms with E-state index in [1.54, 1.807) is 36.4 Å². The predicted octanol–water partition coefficient (Wildman–Crippen LogP) is 5.62. The van der Waals surface area contributed by atoms with Crippen molar-refractivity contribution in [1.29, 1.82) is 0 Å². The molecule has 0 aliphatic carbocycles. The molecule has 0 bridgehead atoms. The van der Waals surface area contributed by atoms with Crippen molar-refractivity contribution in [2.45, 2.75) is 13.0 Å². The van der Waals surface area contributed by atoms with E-state index >= 15 is 0 Å². The molecule has 1 saturated heterocycles. The highest BCUT2D eigenvalue weighted by Crippen LogP contribution is 2.44. The Morgan fingerprint density at radius 2 is 1.85 bits per heavy atom. The highest BCUT2D eigenvalue weighted by molar-refractivity contribution is 6.51. The van der Waals surface area contributed by atoms with E-state index in [2.05, 4.69) is 0 Å². The largest absolute Gasteiger partial charge is 0.507 e. The Hall–Kier alpha value is -3.42. The molecule has 4 rings (SSSR count). The Balaban J connectivity index is 1.91. The number of amides is 1. The number of Topliss-reactive ketones (excluding diaryl/α,β-unsaturated/α-hetero) is 1. The van der Waals surface area contributed by atoms with Crippen LogP contribution in [-0.2, 0) is 9.59 Å². The minimum Gasteiger partial charge on any atom is -0.507 e. The first kappa shape index (κ1) is 22.8. The lowest BCUT2D eigenvalue weighted by Crippen LogP contribution is -2.29. The number of aliphatic hydroxyl groups excluding tert-OH is 1. The molecule has 1 aromatic heterocycles. The fourth-order valence-electron chi connectivity index (χ4n) is 3.75. The van der Waals surface area contributed by atoms with E-state index in [0.717, 1.165) is 0 Å². The summed E-state index contributed by atoms with van der Waals surface area (Å²) in [6.07, 6.45) is 1.42. The van der Waals surface area contributed by atoms with E-state index in [9.17, 15) is 14.7 Å². The standard InChI is InChI=1S/C24H19Cl2NO6/c1-3-32-15-7-4-6-14(12-15)27-20(18-8-5-9-33-18)19(22(29)24(27)30)21(28)13-10-16(25)23(31-2)17(26)11-13/h4-12,20,28H,3H2,1-2H3/b21-19-. The molecule has 170 valence electrons. The van der Waals surface area contributed by atoms with Gasteiger partial charge in [0, 0.05) is 17.3 Å². The van der Waals surface area contributed by atoms with Gasteiger partial charge in [-0.3, -0.25) is 14.5 Å². The third-order valence-electron chi connectivity index (χ3n) is 5.14. The molecule has 0 saturated carbocycles. The third-order valence-corrected chi connectivity index (χ3v) is 5.70. The zero-order valence-corrected chi connectivity index (χ0v) is 19.2. The van der Waals surface area contributed by atoms with Crippen LogP contribution in [0.4, 0.5) is 5.69 Å². The first-order valence-electron chi connectivity index (χ1n) is 9.98. The molecule has 1 aliphatic heterocycles. The molecule has 7 nitrogen and oxygen atoms in total.